The van der Waals surface area contributed by atoms with Gasteiger partial charge in [0.15, 0.2) is 0 Å². The monoisotopic (exact) mass is 440 g/mol. The number of benzene rings is 1. The smallest absolute Gasteiger partial charge is 0.313 e. The van der Waals surface area contributed by atoms with Crippen molar-refractivity contribution in [3.8, 4) is 0 Å². The number of carbonyl (C=O) groups excluding carboxylic acids is 1. The van der Waals surface area contributed by atoms with Crippen molar-refractivity contribution in [1.82, 2.24) is 10.6 Å². The molecule has 2 unspecified atom stereocenters. The second-order valence-electron chi connectivity index (χ2n) is 11.4. The van der Waals surface area contributed by atoms with Gasteiger partial charge in [0.05, 0.1) is 5.41 Å². The van der Waals surface area contributed by atoms with Crippen LogP contribution in [-0.4, -0.2) is 36.2 Å². The molecule has 0 amide bonds. The number of hydrogen-bond acceptors (Lipinski definition) is 4. The molecule has 32 heavy (non-hydrogen) atoms. The first-order valence-electron chi connectivity index (χ1n) is 12.6. The molecule has 2 aliphatic carbocycles. The van der Waals surface area contributed by atoms with E-state index in [0.29, 0.717) is 30.6 Å². The SMILES string of the molecule is CC/C(=C\c1ccccc1)C1CC1N[C@H]1CC[C@@H](NCC(C)(C)C(=O)OC(C)(C)C)CC1. The molecule has 0 saturated heterocycles. The number of esters is 1. The van der Waals surface area contributed by atoms with Gasteiger partial charge in [0.2, 0.25) is 0 Å². The van der Waals surface area contributed by atoms with E-state index in [4.69, 9.17) is 4.74 Å². The number of rotatable bonds is 9. The van der Waals surface area contributed by atoms with Crippen LogP contribution in [-0.2, 0) is 9.53 Å². The van der Waals surface area contributed by atoms with Crippen molar-refractivity contribution in [1.29, 1.82) is 0 Å². The van der Waals surface area contributed by atoms with E-state index >= 15 is 0 Å². The predicted molar refractivity (Wildman–Crippen MR) is 133 cm³/mol. The van der Waals surface area contributed by atoms with E-state index in [-0.39, 0.29) is 5.97 Å². The molecule has 0 aromatic heterocycles. The fraction of sp³-hybridized carbons (Fsp3) is 0.679. The Morgan fingerprint density at radius 3 is 2.25 bits per heavy atom. The van der Waals surface area contributed by atoms with Crippen molar-refractivity contribution in [2.45, 2.75) is 104 Å². The van der Waals surface area contributed by atoms with Gasteiger partial charge in [-0.3, -0.25) is 4.79 Å². The van der Waals surface area contributed by atoms with E-state index in [1.54, 1.807) is 5.57 Å². The molecule has 0 heterocycles. The van der Waals surface area contributed by atoms with Crippen LogP contribution in [0.15, 0.2) is 35.9 Å². The zero-order chi connectivity index (χ0) is 23.4. The van der Waals surface area contributed by atoms with E-state index in [1.807, 2.05) is 34.6 Å². The Bertz CT molecular complexity index is 770. The molecule has 2 N–H and O–H groups in total. The Kier molecular flexibility index (Phi) is 8.21. The number of hydrogen-bond donors (Lipinski definition) is 2. The molecule has 1 aromatic rings. The first kappa shape index (κ1) is 25.0. The van der Waals surface area contributed by atoms with Crippen LogP contribution >= 0.6 is 0 Å². The average molecular weight is 441 g/mol. The van der Waals surface area contributed by atoms with Crippen LogP contribution in [0.2, 0.25) is 0 Å². The Morgan fingerprint density at radius 1 is 1.03 bits per heavy atom. The van der Waals surface area contributed by atoms with Gasteiger partial charge in [-0.2, -0.15) is 0 Å². The fourth-order valence-corrected chi connectivity index (χ4v) is 4.68. The number of ether oxygens (including phenoxy) is 1. The predicted octanol–water partition coefficient (Wildman–Crippen LogP) is 5.73. The van der Waals surface area contributed by atoms with Gasteiger partial charge in [-0.1, -0.05) is 48.9 Å². The Morgan fingerprint density at radius 2 is 1.66 bits per heavy atom. The van der Waals surface area contributed by atoms with Gasteiger partial charge >= 0.3 is 5.97 Å². The van der Waals surface area contributed by atoms with Crippen molar-refractivity contribution in [3.05, 3.63) is 41.5 Å². The first-order chi connectivity index (χ1) is 15.1. The molecule has 1 aromatic carbocycles. The summed E-state index contributed by atoms with van der Waals surface area (Å²) in [6, 6.07) is 12.5. The minimum atomic E-state index is -0.509. The van der Waals surface area contributed by atoms with E-state index in [0.717, 1.165) is 6.42 Å². The summed E-state index contributed by atoms with van der Waals surface area (Å²) >= 11 is 0. The maximum absolute atomic E-state index is 12.5. The summed E-state index contributed by atoms with van der Waals surface area (Å²) in [4.78, 5) is 12.5. The maximum atomic E-state index is 12.5. The number of carbonyl (C=O) groups is 1. The van der Waals surface area contributed by atoms with Gasteiger partial charge in [-0.05, 0) is 84.6 Å². The second-order valence-corrected chi connectivity index (χ2v) is 11.4. The molecule has 2 fully saturated rings. The van der Waals surface area contributed by atoms with Gasteiger partial charge in [-0.25, -0.2) is 0 Å². The van der Waals surface area contributed by atoms with Crippen LogP contribution in [0.25, 0.3) is 6.08 Å². The molecular formula is C28H44N2O2. The zero-order valence-corrected chi connectivity index (χ0v) is 21.0. The molecule has 0 spiro atoms. The second kappa shape index (κ2) is 10.5. The Labute approximate surface area is 195 Å². The molecule has 178 valence electrons. The largest absolute Gasteiger partial charge is 0.460 e. The topological polar surface area (TPSA) is 50.4 Å². The van der Waals surface area contributed by atoms with Crippen molar-refractivity contribution in [2.24, 2.45) is 11.3 Å². The fourth-order valence-electron chi connectivity index (χ4n) is 4.68. The normalized spacial score (nSPS) is 26.6. The first-order valence-corrected chi connectivity index (χ1v) is 12.6. The molecule has 3 rings (SSSR count). The average Bonchev–Trinajstić information content (AvgIpc) is 3.50. The molecule has 2 atom stereocenters. The molecule has 4 nitrogen and oxygen atoms in total. The third-order valence-electron chi connectivity index (χ3n) is 6.79. The van der Waals surface area contributed by atoms with Crippen molar-refractivity contribution in [2.75, 3.05) is 6.54 Å². The quantitative estimate of drug-likeness (QED) is 0.482. The minimum Gasteiger partial charge on any atom is -0.460 e. The summed E-state index contributed by atoms with van der Waals surface area (Å²) < 4.78 is 5.59. The highest BCUT2D eigenvalue weighted by atomic mass is 16.6. The van der Waals surface area contributed by atoms with E-state index < -0.39 is 11.0 Å². The summed E-state index contributed by atoms with van der Waals surface area (Å²) in [6.45, 7) is 12.7. The Hall–Kier alpha value is -1.65. The summed E-state index contributed by atoms with van der Waals surface area (Å²) in [5.41, 5.74) is 1.95. The summed E-state index contributed by atoms with van der Waals surface area (Å²) in [5.74, 6) is 0.577. The van der Waals surface area contributed by atoms with Crippen molar-refractivity contribution >= 4 is 12.0 Å². The molecule has 0 radical (unpaired) electrons. The highest BCUT2D eigenvalue weighted by Gasteiger charge is 2.40. The van der Waals surface area contributed by atoms with Crippen molar-refractivity contribution < 1.29 is 9.53 Å². The van der Waals surface area contributed by atoms with Gasteiger partial charge in [0.1, 0.15) is 5.60 Å². The standard InChI is InChI=1S/C28H44N2O2/c1-7-21(17-20-11-9-8-10-12-20)24-18-25(24)30-23-15-13-22(14-16-23)29-19-28(5,6)26(31)32-27(2,3)4/h8-12,17,22-25,29-30H,7,13-16,18-19H2,1-6H3/b21-17+/t22-,23+,24?,25?. The van der Waals surface area contributed by atoms with Crippen LogP contribution in [0.5, 0.6) is 0 Å². The van der Waals surface area contributed by atoms with Gasteiger partial charge < -0.3 is 15.4 Å². The molecule has 0 bridgehead atoms. The van der Waals surface area contributed by atoms with E-state index in [9.17, 15) is 4.79 Å². The molecule has 2 saturated carbocycles. The van der Waals surface area contributed by atoms with E-state index in [2.05, 4.69) is 54.0 Å². The van der Waals surface area contributed by atoms with Crippen LogP contribution in [0.3, 0.4) is 0 Å². The lowest BCUT2D eigenvalue weighted by Gasteiger charge is -2.33. The van der Waals surface area contributed by atoms with Gasteiger partial charge in [0.25, 0.3) is 0 Å². The molecular weight excluding hydrogens is 396 g/mol. The lowest BCUT2D eigenvalue weighted by atomic mass is 9.88. The summed E-state index contributed by atoms with van der Waals surface area (Å²) in [6.07, 6.45) is 9.53. The van der Waals surface area contributed by atoms with Crippen LogP contribution in [0, 0.1) is 11.3 Å². The van der Waals surface area contributed by atoms with Crippen molar-refractivity contribution in [3.63, 3.8) is 0 Å². The van der Waals surface area contributed by atoms with Gasteiger partial charge in [-0.15, -0.1) is 0 Å². The van der Waals surface area contributed by atoms with Crippen LogP contribution in [0.4, 0.5) is 0 Å². The zero-order valence-electron chi connectivity index (χ0n) is 21.0. The Balaban J connectivity index is 1.39. The summed E-state index contributed by atoms with van der Waals surface area (Å²) in [5, 5.41) is 7.58. The maximum Gasteiger partial charge on any atom is 0.313 e. The third-order valence-corrected chi connectivity index (χ3v) is 6.79. The summed E-state index contributed by atoms with van der Waals surface area (Å²) in [7, 11) is 0. The molecule has 4 heteroatoms. The van der Waals surface area contributed by atoms with Crippen LogP contribution < -0.4 is 10.6 Å². The lowest BCUT2D eigenvalue weighted by molar-refractivity contribution is -0.165. The van der Waals surface area contributed by atoms with Crippen LogP contribution in [0.1, 0.15) is 85.6 Å². The molecule has 0 aliphatic heterocycles. The lowest BCUT2D eigenvalue weighted by Crippen LogP contribution is -2.46. The highest BCUT2D eigenvalue weighted by Crippen LogP contribution is 2.40. The minimum absolute atomic E-state index is 0.122. The van der Waals surface area contributed by atoms with Gasteiger partial charge in [0, 0.05) is 24.7 Å². The van der Waals surface area contributed by atoms with E-state index in [1.165, 1.54) is 37.7 Å². The molecule has 2 aliphatic rings. The third kappa shape index (κ3) is 7.45. The number of nitrogens with one attached hydrogen (secondary N) is 2. The highest BCUT2D eigenvalue weighted by molar-refractivity contribution is 5.76.